The van der Waals surface area contributed by atoms with Gasteiger partial charge in [-0.15, -0.1) is 0 Å². The van der Waals surface area contributed by atoms with Gasteiger partial charge in [-0.25, -0.2) is 18.3 Å². The maximum atomic E-state index is 16.8. The van der Waals surface area contributed by atoms with Crippen LogP contribution in [0.25, 0.3) is 32.9 Å². The van der Waals surface area contributed by atoms with E-state index < -0.39 is 39.6 Å². The first-order chi connectivity index (χ1) is 22.4. The molecule has 0 amide bonds. The van der Waals surface area contributed by atoms with Crippen molar-refractivity contribution in [1.82, 2.24) is 24.6 Å². The van der Waals surface area contributed by atoms with E-state index in [0.29, 0.717) is 60.9 Å². The van der Waals surface area contributed by atoms with Crippen molar-refractivity contribution in [3.8, 4) is 23.0 Å². The molecule has 7 rings (SSSR count). The molecule has 0 radical (unpaired) electrons. The molecular formula is C32H36F3N7O4S. The number of benzene rings is 2. The minimum atomic E-state index is -3.97. The Kier molecular flexibility index (Phi) is 8.13. The van der Waals surface area contributed by atoms with E-state index in [1.165, 1.54) is 30.5 Å². The van der Waals surface area contributed by atoms with Gasteiger partial charge in [-0.2, -0.15) is 23.1 Å². The standard InChI is InChI=1S/C32H36F3N7O4S/c1-2-22-25(34)7-6-18-11-21(43)12-23(26(18)22)28-27(35)29-24(14-37-28)30(41-9-3-5-20(16-41)40-47(36,44)45)39-31(38-29)46-17-32-8-4-10-42(32)15-19(33)13-32/h6-7,11-12,14,19-20,40,43H,2-5,8-10,13,15-17H2,1H3,(H2,36,44,45)/t19-,20?,32+/m1/s1. The number of fused-ring (bicyclic) bond motifs is 3. The molecule has 3 saturated heterocycles. The first-order valence-corrected chi connectivity index (χ1v) is 17.4. The van der Waals surface area contributed by atoms with Gasteiger partial charge in [-0.05, 0) is 73.2 Å². The molecule has 15 heteroatoms. The van der Waals surface area contributed by atoms with Gasteiger partial charge in [-0.1, -0.05) is 13.0 Å². The van der Waals surface area contributed by atoms with Gasteiger partial charge in [0.15, 0.2) is 5.82 Å². The molecule has 11 nitrogen and oxygen atoms in total. The van der Waals surface area contributed by atoms with E-state index in [4.69, 9.17) is 9.88 Å². The number of piperidine rings is 1. The Bertz CT molecular complexity index is 1980. The first kappa shape index (κ1) is 31.8. The van der Waals surface area contributed by atoms with Crippen molar-refractivity contribution in [1.29, 1.82) is 0 Å². The van der Waals surface area contributed by atoms with Crippen LogP contribution in [0, 0.1) is 11.6 Å². The molecule has 3 fully saturated rings. The number of aromatic hydroxyl groups is 1. The molecule has 250 valence electrons. The molecule has 0 aliphatic carbocycles. The van der Waals surface area contributed by atoms with Crippen LogP contribution in [0.3, 0.4) is 0 Å². The van der Waals surface area contributed by atoms with Crippen LogP contribution in [-0.2, 0) is 16.6 Å². The molecule has 0 bridgehead atoms. The van der Waals surface area contributed by atoms with Gasteiger partial charge in [0.25, 0.3) is 10.2 Å². The van der Waals surface area contributed by atoms with E-state index in [1.807, 2.05) is 4.90 Å². The predicted molar refractivity (Wildman–Crippen MR) is 171 cm³/mol. The minimum absolute atomic E-state index is 0.113. The van der Waals surface area contributed by atoms with E-state index in [1.54, 1.807) is 6.92 Å². The largest absolute Gasteiger partial charge is 0.508 e. The van der Waals surface area contributed by atoms with Crippen molar-refractivity contribution in [3.05, 3.63) is 47.7 Å². The van der Waals surface area contributed by atoms with E-state index in [2.05, 4.69) is 24.6 Å². The lowest BCUT2D eigenvalue weighted by molar-refractivity contribution is 0.107. The quantitative estimate of drug-likeness (QED) is 0.252. The first-order valence-electron chi connectivity index (χ1n) is 15.8. The third kappa shape index (κ3) is 5.94. The van der Waals surface area contributed by atoms with E-state index in [-0.39, 0.29) is 47.1 Å². The number of rotatable bonds is 8. The van der Waals surface area contributed by atoms with E-state index in [0.717, 1.165) is 19.4 Å². The Morgan fingerprint density at radius 3 is 2.79 bits per heavy atom. The van der Waals surface area contributed by atoms with Crippen LogP contribution in [0.1, 0.15) is 44.6 Å². The van der Waals surface area contributed by atoms with Gasteiger partial charge in [-0.3, -0.25) is 9.88 Å². The highest BCUT2D eigenvalue weighted by atomic mass is 32.2. The number of pyridine rings is 1. The SMILES string of the molecule is CCc1c(F)ccc2cc(O)cc(-c3ncc4c(N5CCCC(NS(N)(=O)=O)C5)nc(OC[C@@]56CCCN5C[C@H](F)C6)nc4c3F)c12. The summed E-state index contributed by atoms with van der Waals surface area (Å²) in [6.07, 6.45) is 3.90. The van der Waals surface area contributed by atoms with Crippen LogP contribution >= 0.6 is 0 Å². The maximum Gasteiger partial charge on any atom is 0.319 e. The van der Waals surface area contributed by atoms with Gasteiger partial charge < -0.3 is 14.7 Å². The smallest absolute Gasteiger partial charge is 0.319 e. The van der Waals surface area contributed by atoms with Crippen LogP contribution in [0.2, 0.25) is 0 Å². The number of hydrogen-bond donors (Lipinski definition) is 3. The number of aryl methyl sites for hydroxylation is 1. The number of hydrogen-bond acceptors (Lipinski definition) is 9. The van der Waals surface area contributed by atoms with Crippen LogP contribution in [-0.4, -0.2) is 83.9 Å². The summed E-state index contributed by atoms with van der Waals surface area (Å²) in [6, 6.07) is 5.05. The van der Waals surface area contributed by atoms with Crippen LogP contribution in [0.5, 0.6) is 11.8 Å². The number of nitrogens with zero attached hydrogens (tertiary/aromatic N) is 5. The second-order valence-electron chi connectivity index (χ2n) is 12.8. The molecule has 2 aromatic heterocycles. The molecule has 2 aromatic carbocycles. The summed E-state index contributed by atoms with van der Waals surface area (Å²) in [6.45, 7) is 3.68. The van der Waals surface area contributed by atoms with Crippen LogP contribution in [0.15, 0.2) is 30.5 Å². The molecule has 3 aliphatic heterocycles. The predicted octanol–water partition coefficient (Wildman–Crippen LogP) is 4.11. The van der Waals surface area contributed by atoms with Crippen molar-refractivity contribution in [3.63, 3.8) is 0 Å². The molecular weight excluding hydrogens is 635 g/mol. The van der Waals surface area contributed by atoms with Crippen LogP contribution < -0.4 is 19.5 Å². The molecule has 4 aromatic rings. The van der Waals surface area contributed by atoms with Gasteiger partial charge >= 0.3 is 6.01 Å². The number of anilines is 1. The molecule has 3 atom stereocenters. The number of phenolic OH excluding ortho intramolecular Hbond substituents is 1. The van der Waals surface area contributed by atoms with Crippen LogP contribution in [0.4, 0.5) is 19.0 Å². The summed E-state index contributed by atoms with van der Waals surface area (Å²) in [5.41, 5.74) is -0.196. The number of ether oxygens (including phenoxy) is 1. The number of aromatic nitrogens is 3. The van der Waals surface area contributed by atoms with Crippen molar-refractivity contribution in [2.24, 2.45) is 5.14 Å². The zero-order valence-electron chi connectivity index (χ0n) is 25.8. The molecule has 1 unspecified atom stereocenters. The molecule has 47 heavy (non-hydrogen) atoms. The number of nitrogens with one attached hydrogen (secondary N) is 1. The highest BCUT2D eigenvalue weighted by Crippen LogP contribution is 2.42. The highest BCUT2D eigenvalue weighted by Gasteiger charge is 2.49. The fourth-order valence-corrected chi connectivity index (χ4v) is 8.35. The minimum Gasteiger partial charge on any atom is -0.508 e. The average Bonchev–Trinajstić information content (AvgIpc) is 3.55. The summed E-state index contributed by atoms with van der Waals surface area (Å²) in [7, 11) is -3.97. The third-order valence-corrected chi connectivity index (χ3v) is 10.3. The van der Waals surface area contributed by atoms with Gasteiger partial charge in [0.1, 0.15) is 41.4 Å². The van der Waals surface area contributed by atoms with Crippen molar-refractivity contribution < 1.29 is 31.4 Å². The second kappa shape index (κ2) is 12.0. The molecule has 0 saturated carbocycles. The fraction of sp³-hybridized carbons (Fsp3) is 0.469. The van der Waals surface area contributed by atoms with E-state index >= 15 is 4.39 Å². The fourth-order valence-electron chi connectivity index (χ4n) is 7.69. The highest BCUT2D eigenvalue weighted by molar-refractivity contribution is 7.87. The maximum absolute atomic E-state index is 16.8. The monoisotopic (exact) mass is 671 g/mol. The third-order valence-electron chi connectivity index (χ3n) is 9.69. The molecule has 4 N–H and O–H groups in total. The van der Waals surface area contributed by atoms with E-state index in [9.17, 15) is 22.3 Å². The Morgan fingerprint density at radius 2 is 2.00 bits per heavy atom. The van der Waals surface area contributed by atoms with Gasteiger partial charge in [0, 0.05) is 43.9 Å². The lowest BCUT2D eigenvalue weighted by Gasteiger charge is -2.34. The lowest BCUT2D eigenvalue weighted by atomic mass is 9.94. The Hall–Kier alpha value is -3.79. The summed E-state index contributed by atoms with van der Waals surface area (Å²) in [5.74, 6) is -1.13. The normalized spacial score (nSPS) is 23.6. The van der Waals surface area contributed by atoms with Crippen molar-refractivity contribution in [2.45, 2.75) is 63.2 Å². The summed E-state index contributed by atoms with van der Waals surface area (Å²) in [4.78, 5) is 17.5. The molecule has 0 spiro atoms. The number of phenols is 1. The molecule has 5 heterocycles. The summed E-state index contributed by atoms with van der Waals surface area (Å²) < 4.78 is 78.5. The lowest BCUT2D eigenvalue weighted by Crippen LogP contribution is -2.49. The van der Waals surface area contributed by atoms with Crippen molar-refractivity contribution >= 4 is 37.7 Å². The van der Waals surface area contributed by atoms with Crippen molar-refractivity contribution in [2.75, 3.05) is 37.7 Å². The number of alkyl halides is 1. The van der Waals surface area contributed by atoms with Gasteiger partial charge in [0.05, 0.1) is 10.9 Å². The number of halogens is 3. The van der Waals surface area contributed by atoms with Gasteiger partial charge in [0.2, 0.25) is 0 Å². The second-order valence-corrected chi connectivity index (χ2v) is 14.1. The Balaban J connectivity index is 1.36. The number of nitrogens with two attached hydrogens (primary N) is 1. The molecule has 3 aliphatic rings. The zero-order chi connectivity index (χ0) is 33.1. The Morgan fingerprint density at radius 1 is 1.17 bits per heavy atom. The topological polar surface area (TPSA) is 147 Å². The Labute approximate surface area is 270 Å². The summed E-state index contributed by atoms with van der Waals surface area (Å²) >= 11 is 0. The average molecular weight is 672 g/mol. The summed E-state index contributed by atoms with van der Waals surface area (Å²) in [5, 5.41) is 17.0. The zero-order valence-corrected chi connectivity index (χ0v) is 26.7.